The number of furan rings is 1. The molecule has 53 heavy (non-hydrogen) atoms. The molecule has 0 spiro atoms. The van der Waals surface area contributed by atoms with Crippen molar-refractivity contribution in [3.05, 3.63) is 194 Å². The van der Waals surface area contributed by atoms with Crippen LogP contribution in [-0.4, -0.2) is 4.57 Å². The van der Waals surface area contributed by atoms with E-state index in [-0.39, 0.29) is 0 Å². The Balaban J connectivity index is 1.16. The zero-order chi connectivity index (χ0) is 34.9. The lowest BCUT2D eigenvalue weighted by Gasteiger charge is -2.26. The van der Waals surface area contributed by atoms with E-state index in [0.29, 0.717) is 0 Å². The summed E-state index contributed by atoms with van der Waals surface area (Å²) in [6.07, 6.45) is 0. The average Bonchev–Trinajstić information content (AvgIpc) is 3.77. The molecule has 248 valence electrons. The summed E-state index contributed by atoms with van der Waals surface area (Å²) < 4.78 is 9.12. The maximum atomic E-state index is 6.71. The number of benzene rings is 9. The predicted molar refractivity (Wildman–Crippen MR) is 223 cm³/mol. The van der Waals surface area contributed by atoms with Gasteiger partial charge < -0.3 is 13.9 Å². The second-order valence-corrected chi connectivity index (χ2v) is 13.8. The standard InChI is InChI=1S/C50H32N2O/c1-2-11-33(12-3-1)37-16-10-17-38(29-37)51(41-25-28-45-46-26-22-35-14-6-7-18-42(35)50(46)53-49(45)32-41)40-24-27-44-43-19-8-9-20-47(43)52(48(44)31-40)39-23-21-34-13-4-5-15-36(34)30-39/h1-32H. The van der Waals surface area contributed by atoms with Crippen LogP contribution in [0.15, 0.2) is 199 Å². The van der Waals surface area contributed by atoms with E-state index in [0.717, 1.165) is 61.2 Å². The molecule has 2 heterocycles. The van der Waals surface area contributed by atoms with E-state index >= 15 is 0 Å². The zero-order valence-electron chi connectivity index (χ0n) is 28.8. The van der Waals surface area contributed by atoms with E-state index in [1.165, 1.54) is 38.0 Å². The first-order valence-electron chi connectivity index (χ1n) is 18.1. The maximum absolute atomic E-state index is 6.71. The Morgan fingerprint density at radius 3 is 1.89 bits per heavy atom. The summed E-state index contributed by atoms with van der Waals surface area (Å²) in [5.41, 5.74) is 10.8. The first-order valence-corrected chi connectivity index (χ1v) is 18.1. The summed E-state index contributed by atoms with van der Waals surface area (Å²) in [5.74, 6) is 0. The summed E-state index contributed by atoms with van der Waals surface area (Å²) in [5, 5.41) is 9.44. The van der Waals surface area contributed by atoms with Crippen molar-refractivity contribution < 1.29 is 4.42 Å². The molecule has 0 atom stereocenters. The van der Waals surface area contributed by atoms with Crippen LogP contribution in [0, 0.1) is 0 Å². The molecule has 0 aliphatic heterocycles. The molecular formula is C50H32N2O. The largest absolute Gasteiger partial charge is 0.455 e. The molecule has 2 aromatic heterocycles. The van der Waals surface area contributed by atoms with Crippen molar-refractivity contribution in [3.8, 4) is 16.8 Å². The smallest absolute Gasteiger partial charge is 0.143 e. The highest BCUT2D eigenvalue weighted by atomic mass is 16.3. The molecule has 0 radical (unpaired) electrons. The highest BCUT2D eigenvalue weighted by molar-refractivity contribution is 6.16. The summed E-state index contributed by atoms with van der Waals surface area (Å²) in [6, 6.07) is 69.8. The first-order chi connectivity index (χ1) is 26.3. The third-order valence-corrected chi connectivity index (χ3v) is 10.7. The zero-order valence-corrected chi connectivity index (χ0v) is 28.8. The van der Waals surface area contributed by atoms with Crippen LogP contribution in [0.5, 0.6) is 0 Å². The van der Waals surface area contributed by atoms with Gasteiger partial charge in [-0.2, -0.15) is 0 Å². The summed E-state index contributed by atoms with van der Waals surface area (Å²) in [4.78, 5) is 2.36. The van der Waals surface area contributed by atoms with Crippen molar-refractivity contribution in [2.24, 2.45) is 0 Å². The molecule has 0 unspecified atom stereocenters. The molecule has 0 bridgehead atoms. The van der Waals surface area contributed by atoms with Gasteiger partial charge >= 0.3 is 0 Å². The molecular weight excluding hydrogens is 645 g/mol. The van der Waals surface area contributed by atoms with Gasteiger partial charge in [0.15, 0.2) is 0 Å². The fourth-order valence-corrected chi connectivity index (χ4v) is 8.23. The normalized spacial score (nSPS) is 11.8. The maximum Gasteiger partial charge on any atom is 0.143 e. The van der Waals surface area contributed by atoms with Gasteiger partial charge in [-0.05, 0) is 87.9 Å². The number of hydrogen-bond donors (Lipinski definition) is 0. The molecule has 0 N–H and O–H groups in total. The van der Waals surface area contributed by atoms with Crippen molar-refractivity contribution in [2.45, 2.75) is 0 Å². The number of anilines is 3. The molecule has 3 nitrogen and oxygen atoms in total. The second kappa shape index (κ2) is 11.7. The van der Waals surface area contributed by atoms with Crippen LogP contribution in [0.3, 0.4) is 0 Å². The highest BCUT2D eigenvalue weighted by Gasteiger charge is 2.20. The number of aromatic nitrogens is 1. The van der Waals surface area contributed by atoms with E-state index < -0.39 is 0 Å². The van der Waals surface area contributed by atoms with Gasteiger partial charge in [-0.3, -0.25) is 0 Å². The van der Waals surface area contributed by atoms with Crippen molar-refractivity contribution >= 4 is 82.4 Å². The lowest BCUT2D eigenvalue weighted by molar-refractivity contribution is 0.672. The van der Waals surface area contributed by atoms with E-state index in [1.807, 2.05) is 0 Å². The summed E-state index contributed by atoms with van der Waals surface area (Å²) in [6.45, 7) is 0. The van der Waals surface area contributed by atoms with Gasteiger partial charge in [0.1, 0.15) is 11.2 Å². The van der Waals surface area contributed by atoms with Crippen LogP contribution < -0.4 is 4.90 Å². The third kappa shape index (κ3) is 4.75. The van der Waals surface area contributed by atoms with Crippen LogP contribution in [-0.2, 0) is 0 Å². The van der Waals surface area contributed by atoms with Crippen molar-refractivity contribution in [1.29, 1.82) is 0 Å². The van der Waals surface area contributed by atoms with E-state index in [2.05, 4.69) is 204 Å². The quantitative estimate of drug-likeness (QED) is 0.181. The summed E-state index contributed by atoms with van der Waals surface area (Å²) >= 11 is 0. The van der Waals surface area contributed by atoms with Crippen LogP contribution in [0.2, 0.25) is 0 Å². The van der Waals surface area contributed by atoms with Gasteiger partial charge in [0.05, 0.1) is 11.0 Å². The molecule has 0 saturated heterocycles. The number of rotatable bonds is 5. The van der Waals surface area contributed by atoms with Crippen molar-refractivity contribution in [2.75, 3.05) is 4.90 Å². The predicted octanol–water partition coefficient (Wildman–Crippen LogP) is 14.1. The van der Waals surface area contributed by atoms with Gasteiger partial charge in [-0.15, -0.1) is 0 Å². The monoisotopic (exact) mass is 676 g/mol. The molecule has 11 aromatic rings. The number of nitrogens with zero attached hydrogens (tertiary/aromatic N) is 2. The van der Waals surface area contributed by atoms with Gasteiger partial charge in [0.25, 0.3) is 0 Å². The lowest BCUT2D eigenvalue weighted by Crippen LogP contribution is -2.10. The minimum Gasteiger partial charge on any atom is -0.455 e. The van der Waals surface area contributed by atoms with Crippen molar-refractivity contribution in [1.82, 2.24) is 4.57 Å². The molecule has 0 amide bonds. The number of fused-ring (bicyclic) bond motifs is 9. The Morgan fingerprint density at radius 1 is 0.358 bits per heavy atom. The molecule has 11 rings (SSSR count). The average molecular weight is 677 g/mol. The van der Waals surface area contributed by atoms with Gasteiger partial charge in [-0.25, -0.2) is 0 Å². The van der Waals surface area contributed by atoms with Gasteiger partial charge in [0, 0.05) is 55.7 Å². The van der Waals surface area contributed by atoms with Gasteiger partial charge in [0.2, 0.25) is 0 Å². The van der Waals surface area contributed by atoms with E-state index in [4.69, 9.17) is 4.42 Å². The molecule has 9 aromatic carbocycles. The Morgan fingerprint density at radius 2 is 1.00 bits per heavy atom. The topological polar surface area (TPSA) is 21.3 Å². The SMILES string of the molecule is c1ccc(-c2cccc(N(c3ccc4c(c3)oc3c5ccccc5ccc43)c3ccc4c5ccccc5n(-c5ccc6ccccc6c5)c4c3)c2)cc1. The van der Waals surface area contributed by atoms with Crippen LogP contribution in [0.1, 0.15) is 0 Å². The minimum absolute atomic E-state index is 0.865. The highest BCUT2D eigenvalue weighted by Crippen LogP contribution is 2.43. The number of para-hydroxylation sites is 1. The fourth-order valence-electron chi connectivity index (χ4n) is 8.23. The Labute approximate surface area is 306 Å². The fraction of sp³-hybridized carbons (Fsp3) is 0. The second-order valence-electron chi connectivity index (χ2n) is 13.8. The lowest BCUT2D eigenvalue weighted by atomic mass is 10.0. The van der Waals surface area contributed by atoms with Crippen LogP contribution in [0.4, 0.5) is 17.1 Å². The van der Waals surface area contributed by atoms with Gasteiger partial charge in [-0.1, -0.05) is 127 Å². The van der Waals surface area contributed by atoms with Crippen molar-refractivity contribution in [3.63, 3.8) is 0 Å². The van der Waals surface area contributed by atoms with E-state index in [9.17, 15) is 0 Å². The number of hydrogen-bond acceptors (Lipinski definition) is 2. The Kier molecular flexibility index (Phi) is 6.55. The molecule has 0 saturated carbocycles. The third-order valence-electron chi connectivity index (χ3n) is 10.7. The Bertz CT molecular complexity index is 3190. The van der Waals surface area contributed by atoms with Crippen LogP contribution in [0.25, 0.3) is 82.1 Å². The van der Waals surface area contributed by atoms with E-state index in [1.54, 1.807) is 0 Å². The molecule has 0 aliphatic carbocycles. The Hall–Kier alpha value is -7.10. The summed E-state index contributed by atoms with van der Waals surface area (Å²) in [7, 11) is 0. The first kappa shape index (κ1) is 29.6. The molecule has 0 fully saturated rings. The molecule has 0 aliphatic rings. The minimum atomic E-state index is 0.865. The molecule has 3 heteroatoms. The van der Waals surface area contributed by atoms with Crippen LogP contribution >= 0.6 is 0 Å².